The Morgan fingerprint density at radius 2 is 2.12 bits per heavy atom. The number of hydrogen-bond acceptors (Lipinski definition) is 5. The van der Waals surface area contributed by atoms with E-state index in [0.29, 0.717) is 24.8 Å². The van der Waals surface area contributed by atoms with Gasteiger partial charge in [-0.3, -0.25) is 19.4 Å². The summed E-state index contributed by atoms with van der Waals surface area (Å²) in [5, 5.41) is 0. The number of nitrogens with two attached hydrogens (primary N) is 1. The molecule has 129 valence electrons. The molecular weight excluding hydrogens is 306 g/mol. The van der Waals surface area contributed by atoms with Crippen LogP contribution in [0.15, 0.2) is 12.1 Å². The van der Waals surface area contributed by atoms with E-state index in [9.17, 15) is 9.59 Å². The third-order valence-corrected chi connectivity index (χ3v) is 4.87. The molecule has 0 bridgehead atoms. The lowest BCUT2D eigenvalue weighted by Gasteiger charge is -2.38. The summed E-state index contributed by atoms with van der Waals surface area (Å²) in [7, 11) is 1.93. The first-order valence-corrected chi connectivity index (χ1v) is 8.39. The predicted octanol–water partition coefficient (Wildman–Crippen LogP) is 0.250. The van der Waals surface area contributed by atoms with Gasteiger partial charge in [0.05, 0.1) is 12.2 Å². The molecule has 2 aliphatic rings. The number of nitrogens with zero attached hydrogens (tertiary/aromatic N) is 4. The molecule has 2 N–H and O–H groups in total. The summed E-state index contributed by atoms with van der Waals surface area (Å²) in [4.78, 5) is 33.9. The fraction of sp³-hybridized carbons (Fsp3) is 0.588. The van der Waals surface area contributed by atoms with E-state index >= 15 is 0 Å². The van der Waals surface area contributed by atoms with Crippen LogP contribution in [0, 0.1) is 12.1 Å². The quantitative estimate of drug-likeness (QED) is 0.859. The standard InChI is InChI=1S/C17H24N5O2/c1-12-5-6-21(14(9-12)17(18)24)13-3-4-15(19-10-13)22-8-7-20(2)11-16(22)23/h3-4,12,14H,5-9,11H2,1-2H3,(H2,18,24). The van der Waals surface area contributed by atoms with Crippen LogP contribution in [0.1, 0.15) is 19.8 Å². The lowest BCUT2D eigenvalue weighted by Crippen LogP contribution is -2.50. The molecular formula is C17H24N5O2. The maximum Gasteiger partial charge on any atom is 0.242 e. The second kappa shape index (κ2) is 6.76. The fourth-order valence-electron chi connectivity index (χ4n) is 3.39. The minimum absolute atomic E-state index is 0.0409. The largest absolute Gasteiger partial charge is 0.368 e. The Hall–Kier alpha value is -2.15. The molecule has 2 saturated heterocycles. The van der Waals surface area contributed by atoms with Crippen LogP contribution < -0.4 is 15.5 Å². The van der Waals surface area contributed by atoms with E-state index in [1.54, 1.807) is 4.90 Å². The van der Waals surface area contributed by atoms with Gasteiger partial charge in [0.2, 0.25) is 11.8 Å². The number of primary amides is 1. The molecule has 2 amide bonds. The van der Waals surface area contributed by atoms with Gasteiger partial charge in [0, 0.05) is 19.6 Å². The van der Waals surface area contributed by atoms with Crippen molar-refractivity contribution in [2.45, 2.75) is 25.8 Å². The Kier molecular flexibility index (Phi) is 4.71. The highest BCUT2D eigenvalue weighted by molar-refractivity contribution is 5.94. The van der Waals surface area contributed by atoms with Gasteiger partial charge in [0.25, 0.3) is 0 Å². The summed E-state index contributed by atoms with van der Waals surface area (Å²) in [6, 6.07) is 3.38. The molecule has 3 rings (SSSR count). The fourth-order valence-corrected chi connectivity index (χ4v) is 3.39. The Morgan fingerprint density at radius 3 is 2.75 bits per heavy atom. The lowest BCUT2D eigenvalue weighted by atomic mass is 9.91. The van der Waals surface area contributed by atoms with Gasteiger partial charge < -0.3 is 10.6 Å². The Bertz CT molecular complexity index is 618. The minimum Gasteiger partial charge on any atom is -0.368 e. The molecule has 3 heterocycles. The van der Waals surface area contributed by atoms with E-state index in [1.807, 2.05) is 29.0 Å². The Morgan fingerprint density at radius 1 is 1.33 bits per heavy atom. The summed E-state index contributed by atoms with van der Waals surface area (Å²) in [6.07, 6.45) is 4.76. The summed E-state index contributed by atoms with van der Waals surface area (Å²) in [5.41, 5.74) is 6.32. The maximum absolute atomic E-state index is 12.1. The van der Waals surface area contributed by atoms with Crippen molar-refractivity contribution in [2.24, 2.45) is 11.7 Å². The van der Waals surface area contributed by atoms with E-state index in [2.05, 4.69) is 18.1 Å². The van der Waals surface area contributed by atoms with Gasteiger partial charge in [-0.2, -0.15) is 0 Å². The molecule has 0 saturated carbocycles. The highest BCUT2D eigenvalue weighted by atomic mass is 16.2. The molecule has 1 aromatic rings. The number of aromatic nitrogens is 1. The second-order valence-electron chi connectivity index (χ2n) is 6.82. The van der Waals surface area contributed by atoms with Crippen molar-refractivity contribution in [1.82, 2.24) is 9.88 Å². The smallest absolute Gasteiger partial charge is 0.242 e. The lowest BCUT2D eigenvalue weighted by molar-refractivity contribution is -0.121. The highest BCUT2D eigenvalue weighted by Crippen LogP contribution is 2.28. The first-order chi connectivity index (χ1) is 11.5. The highest BCUT2D eigenvalue weighted by Gasteiger charge is 2.31. The molecule has 24 heavy (non-hydrogen) atoms. The van der Waals surface area contributed by atoms with Gasteiger partial charge in [-0.15, -0.1) is 0 Å². The van der Waals surface area contributed by atoms with Crippen molar-refractivity contribution in [2.75, 3.05) is 43.0 Å². The second-order valence-corrected chi connectivity index (χ2v) is 6.82. The number of rotatable bonds is 3. The maximum atomic E-state index is 12.1. The Labute approximate surface area is 142 Å². The zero-order chi connectivity index (χ0) is 17.3. The van der Waals surface area contributed by atoms with E-state index in [-0.39, 0.29) is 17.9 Å². The topological polar surface area (TPSA) is 82.8 Å². The summed E-state index contributed by atoms with van der Waals surface area (Å²) in [6.45, 7) is 4.75. The summed E-state index contributed by atoms with van der Waals surface area (Å²) in [5.74, 6) is 0.819. The zero-order valence-electron chi connectivity index (χ0n) is 14.2. The molecule has 2 fully saturated rings. The van der Waals surface area contributed by atoms with E-state index in [1.165, 1.54) is 0 Å². The van der Waals surface area contributed by atoms with Gasteiger partial charge in [0.15, 0.2) is 0 Å². The van der Waals surface area contributed by atoms with Crippen LogP contribution in [0.4, 0.5) is 11.5 Å². The van der Waals surface area contributed by atoms with Gasteiger partial charge in [0.1, 0.15) is 18.1 Å². The SMILES string of the molecule is CC1CCN(c2[c]nc(N3CCN(C)CC3=O)cc2)C(C(N)=O)C1. The number of pyridine rings is 1. The van der Waals surface area contributed by atoms with Gasteiger partial charge in [-0.05, 0) is 37.9 Å². The van der Waals surface area contributed by atoms with Gasteiger partial charge in [-0.25, -0.2) is 4.98 Å². The van der Waals surface area contributed by atoms with E-state index in [0.717, 1.165) is 31.6 Å². The van der Waals surface area contributed by atoms with Gasteiger partial charge >= 0.3 is 0 Å². The molecule has 0 spiro atoms. The van der Waals surface area contributed by atoms with Crippen LogP contribution in [0.3, 0.4) is 0 Å². The summed E-state index contributed by atoms with van der Waals surface area (Å²) < 4.78 is 0. The molecule has 0 aromatic carbocycles. The number of piperidine rings is 1. The zero-order valence-corrected chi connectivity index (χ0v) is 14.2. The number of carbonyl (C=O) groups excluding carboxylic acids is 2. The minimum atomic E-state index is -0.317. The van der Waals surface area contributed by atoms with Crippen molar-refractivity contribution in [3.63, 3.8) is 0 Å². The van der Waals surface area contributed by atoms with Gasteiger partial charge in [-0.1, -0.05) is 6.92 Å². The molecule has 7 nitrogen and oxygen atoms in total. The number of likely N-dealkylation sites (N-methyl/N-ethyl adjacent to an activating group) is 1. The molecule has 1 aromatic heterocycles. The van der Waals surface area contributed by atoms with Crippen LogP contribution in [0.25, 0.3) is 0 Å². The van der Waals surface area contributed by atoms with Crippen molar-refractivity contribution in [3.05, 3.63) is 18.3 Å². The monoisotopic (exact) mass is 330 g/mol. The van der Waals surface area contributed by atoms with Crippen LogP contribution >= 0.6 is 0 Å². The van der Waals surface area contributed by atoms with E-state index in [4.69, 9.17) is 5.73 Å². The Balaban J connectivity index is 1.76. The molecule has 2 aliphatic heterocycles. The van der Waals surface area contributed by atoms with Crippen molar-refractivity contribution < 1.29 is 9.59 Å². The summed E-state index contributed by atoms with van der Waals surface area (Å²) >= 11 is 0. The average Bonchev–Trinajstić information content (AvgIpc) is 2.55. The molecule has 1 radical (unpaired) electrons. The first kappa shape index (κ1) is 16.7. The van der Waals surface area contributed by atoms with Crippen LogP contribution in [0.5, 0.6) is 0 Å². The number of amides is 2. The number of carbonyl (C=O) groups is 2. The van der Waals surface area contributed by atoms with Crippen LogP contribution in [0.2, 0.25) is 0 Å². The normalized spacial score (nSPS) is 25.8. The third kappa shape index (κ3) is 3.36. The number of anilines is 2. The molecule has 0 aliphatic carbocycles. The predicted molar refractivity (Wildman–Crippen MR) is 91.6 cm³/mol. The molecule has 2 unspecified atom stereocenters. The van der Waals surface area contributed by atoms with E-state index < -0.39 is 0 Å². The number of piperazine rings is 1. The molecule has 7 heteroatoms. The first-order valence-electron chi connectivity index (χ1n) is 8.39. The van der Waals surface area contributed by atoms with Crippen molar-refractivity contribution >= 4 is 23.3 Å². The average molecular weight is 330 g/mol. The third-order valence-electron chi connectivity index (χ3n) is 4.87. The van der Waals surface area contributed by atoms with Crippen molar-refractivity contribution in [3.8, 4) is 0 Å². The van der Waals surface area contributed by atoms with Crippen LogP contribution in [-0.2, 0) is 9.59 Å². The van der Waals surface area contributed by atoms with Crippen molar-refractivity contribution in [1.29, 1.82) is 0 Å². The molecule has 2 atom stereocenters. The van der Waals surface area contributed by atoms with Crippen LogP contribution in [-0.4, -0.2) is 61.0 Å². The number of hydrogen-bond donors (Lipinski definition) is 1.